The highest BCUT2D eigenvalue weighted by Gasteiger charge is 2.30. The van der Waals surface area contributed by atoms with Crippen LogP contribution < -0.4 is 10.6 Å². The Bertz CT molecular complexity index is 335. The lowest BCUT2D eigenvalue weighted by atomic mass is 10.1. The van der Waals surface area contributed by atoms with Gasteiger partial charge in [-0.25, -0.2) is 0 Å². The first-order valence-electron chi connectivity index (χ1n) is 5.98. The fraction of sp³-hybridized carbons (Fsp3) is 0.727. The molecule has 7 nitrogen and oxygen atoms in total. The van der Waals surface area contributed by atoms with Crippen molar-refractivity contribution in [3.05, 3.63) is 0 Å². The van der Waals surface area contributed by atoms with Crippen LogP contribution in [0.2, 0.25) is 0 Å². The molecule has 0 aliphatic carbocycles. The number of aliphatic carboxylic acids is 1. The van der Waals surface area contributed by atoms with E-state index in [9.17, 15) is 14.4 Å². The number of hydrogen-bond donors (Lipinski definition) is 3. The fourth-order valence-corrected chi connectivity index (χ4v) is 1.76. The summed E-state index contributed by atoms with van der Waals surface area (Å²) in [7, 11) is 0. The molecule has 0 bridgehead atoms. The van der Waals surface area contributed by atoms with Crippen LogP contribution in [0.3, 0.4) is 0 Å². The molecule has 1 aliphatic heterocycles. The van der Waals surface area contributed by atoms with E-state index in [4.69, 9.17) is 5.11 Å². The molecule has 2 atom stereocenters. The van der Waals surface area contributed by atoms with E-state index in [-0.39, 0.29) is 37.5 Å². The van der Waals surface area contributed by atoms with Crippen molar-refractivity contribution in [2.24, 2.45) is 0 Å². The van der Waals surface area contributed by atoms with Gasteiger partial charge in [-0.3, -0.25) is 19.7 Å². The van der Waals surface area contributed by atoms with Gasteiger partial charge in [-0.15, -0.1) is 0 Å². The zero-order valence-corrected chi connectivity index (χ0v) is 10.6. The van der Waals surface area contributed by atoms with Crippen molar-refractivity contribution >= 4 is 17.8 Å². The zero-order chi connectivity index (χ0) is 13.7. The maximum Gasteiger partial charge on any atom is 0.323 e. The van der Waals surface area contributed by atoms with E-state index in [2.05, 4.69) is 10.6 Å². The first-order valence-corrected chi connectivity index (χ1v) is 5.98. The van der Waals surface area contributed by atoms with Gasteiger partial charge in [0.1, 0.15) is 12.6 Å². The Balaban J connectivity index is 2.69. The zero-order valence-electron chi connectivity index (χ0n) is 10.6. The molecule has 0 aromatic heterocycles. The highest BCUT2D eigenvalue weighted by atomic mass is 16.4. The maximum absolute atomic E-state index is 12.2. The largest absolute Gasteiger partial charge is 0.480 e. The van der Waals surface area contributed by atoms with E-state index >= 15 is 0 Å². The number of rotatable bonds is 5. The lowest BCUT2D eigenvalue weighted by molar-refractivity contribution is -0.147. The Morgan fingerprint density at radius 1 is 1.56 bits per heavy atom. The number of nitrogens with one attached hydrogen (secondary N) is 2. The summed E-state index contributed by atoms with van der Waals surface area (Å²) in [6.45, 7) is 3.66. The van der Waals surface area contributed by atoms with Crippen molar-refractivity contribution in [1.82, 2.24) is 15.5 Å². The van der Waals surface area contributed by atoms with Crippen molar-refractivity contribution < 1.29 is 19.5 Å². The van der Waals surface area contributed by atoms with Gasteiger partial charge in [0, 0.05) is 12.6 Å². The number of nitrogens with zero attached hydrogens (tertiary/aromatic N) is 1. The standard InChI is InChI=1S/C11H19N3O4/c1-3-7(2)14(6-10(16)17)11(18)8-4-13-9(15)5-12-8/h7-8,12H,3-6H2,1-2H3,(H,13,15)(H,16,17). The van der Waals surface area contributed by atoms with Crippen LogP contribution in [-0.2, 0) is 14.4 Å². The predicted molar refractivity (Wildman–Crippen MR) is 63.9 cm³/mol. The quantitative estimate of drug-likeness (QED) is 0.574. The lowest BCUT2D eigenvalue weighted by Crippen LogP contribution is -2.60. The minimum atomic E-state index is -1.04. The summed E-state index contributed by atoms with van der Waals surface area (Å²) in [6.07, 6.45) is 0.679. The second-order valence-electron chi connectivity index (χ2n) is 4.35. The third-order valence-corrected chi connectivity index (χ3v) is 3.02. The molecule has 1 fully saturated rings. The molecule has 1 aliphatic rings. The van der Waals surface area contributed by atoms with Crippen molar-refractivity contribution in [2.45, 2.75) is 32.4 Å². The van der Waals surface area contributed by atoms with Gasteiger partial charge in [0.25, 0.3) is 0 Å². The molecule has 0 aromatic rings. The second kappa shape index (κ2) is 6.34. The van der Waals surface area contributed by atoms with E-state index in [0.717, 1.165) is 0 Å². The van der Waals surface area contributed by atoms with Crippen LogP contribution in [0.15, 0.2) is 0 Å². The van der Waals surface area contributed by atoms with Crippen LogP contribution in [0, 0.1) is 0 Å². The summed E-state index contributed by atoms with van der Waals surface area (Å²) < 4.78 is 0. The van der Waals surface area contributed by atoms with Crippen LogP contribution in [-0.4, -0.2) is 59.5 Å². The number of carbonyl (C=O) groups excluding carboxylic acids is 2. The predicted octanol–water partition coefficient (Wildman–Crippen LogP) is -1.21. The summed E-state index contributed by atoms with van der Waals surface area (Å²) in [5.41, 5.74) is 0. The third kappa shape index (κ3) is 3.69. The lowest BCUT2D eigenvalue weighted by Gasteiger charge is -2.32. The number of carboxylic acids is 1. The van der Waals surface area contributed by atoms with Crippen molar-refractivity contribution in [3.8, 4) is 0 Å². The van der Waals surface area contributed by atoms with Gasteiger partial charge >= 0.3 is 5.97 Å². The van der Waals surface area contributed by atoms with Gasteiger partial charge in [0.15, 0.2) is 0 Å². The molecule has 0 radical (unpaired) electrons. The summed E-state index contributed by atoms with van der Waals surface area (Å²) in [5, 5.41) is 14.2. The molecule has 2 unspecified atom stereocenters. The third-order valence-electron chi connectivity index (χ3n) is 3.02. The number of amides is 2. The molecular weight excluding hydrogens is 238 g/mol. The van der Waals surface area contributed by atoms with Crippen LogP contribution in [0.25, 0.3) is 0 Å². The number of carboxylic acid groups (broad SMARTS) is 1. The highest BCUT2D eigenvalue weighted by molar-refractivity contribution is 5.88. The van der Waals surface area contributed by atoms with E-state index in [1.54, 1.807) is 0 Å². The minimum Gasteiger partial charge on any atom is -0.480 e. The molecule has 1 rings (SSSR count). The summed E-state index contributed by atoms with van der Waals surface area (Å²) >= 11 is 0. The average Bonchev–Trinajstić information content (AvgIpc) is 2.35. The van der Waals surface area contributed by atoms with E-state index in [1.807, 2.05) is 13.8 Å². The van der Waals surface area contributed by atoms with Gasteiger partial charge < -0.3 is 15.3 Å². The van der Waals surface area contributed by atoms with Crippen LogP contribution in [0.4, 0.5) is 0 Å². The van der Waals surface area contributed by atoms with Gasteiger partial charge in [0.2, 0.25) is 11.8 Å². The van der Waals surface area contributed by atoms with Crippen LogP contribution >= 0.6 is 0 Å². The average molecular weight is 257 g/mol. The monoisotopic (exact) mass is 257 g/mol. The molecule has 0 saturated carbocycles. The molecule has 3 N–H and O–H groups in total. The Labute approximate surface area is 106 Å². The van der Waals surface area contributed by atoms with E-state index in [0.29, 0.717) is 6.42 Å². The van der Waals surface area contributed by atoms with Crippen molar-refractivity contribution in [3.63, 3.8) is 0 Å². The molecule has 7 heteroatoms. The molecule has 0 aromatic carbocycles. The molecule has 18 heavy (non-hydrogen) atoms. The van der Waals surface area contributed by atoms with Gasteiger partial charge in [0.05, 0.1) is 6.54 Å². The van der Waals surface area contributed by atoms with Gasteiger partial charge in [-0.1, -0.05) is 6.92 Å². The molecule has 0 spiro atoms. The molecule has 1 heterocycles. The van der Waals surface area contributed by atoms with Crippen molar-refractivity contribution in [1.29, 1.82) is 0 Å². The highest BCUT2D eigenvalue weighted by Crippen LogP contribution is 2.07. The Morgan fingerprint density at radius 2 is 2.22 bits per heavy atom. The molecule has 2 amide bonds. The minimum absolute atomic E-state index is 0.0812. The van der Waals surface area contributed by atoms with Crippen LogP contribution in [0.1, 0.15) is 20.3 Å². The van der Waals surface area contributed by atoms with Gasteiger partial charge in [-0.2, -0.15) is 0 Å². The molecule has 1 saturated heterocycles. The maximum atomic E-state index is 12.2. The van der Waals surface area contributed by atoms with Gasteiger partial charge in [-0.05, 0) is 13.3 Å². The molecular formula is C11H19N3O4. The Morgan fingerprint density at radius 3 is 2.67 bits per heavy atom. The Kier molecular flexibility index (Phi) is 5.08. The first kappa shape index (κ1) is 14.4. The normalized spacial score (nSPS) is 21.0. The first-order chi connectivity index (χ1) is 8.45. The summed E-state index contributed by atoms with van der Waals surface area (Å²) in [5.74, 6) is -1.48. The second-order valence-corrected chi connectivity index (χ2v) is 4.35. The number of hydrogen-bond acceptors (Lipinski definition) is 4. The Hall–Kier alpha value is -1.63. The number of carbonyl (C=O) groups is 3. The van der Waals surface area contributed by atoms with Crippen molar-refractivity contribution in [2.75, 3.05) is 19.6 Å². The fourth-order valence-electron chi connectivity index (χ4n) is 1.76. The summed E-state index contributed by atoms with van der Waals surface area (Å²) in [6, 6.07) is -0.691. The smallest absolute Gasteiger partial charge is 0.323 e. The van der Waals surface area contributed by atoms with E-state index < -0.39 is 12.0 Å². The SMILES string of the molecule is CCC(C)N(CC(=O)O)C(=O)C1CNC(=O)CN1. The van der Waals surface area contributed by atoms with E-state index in [1.165, 1.54) is 4.90 Å². The summed E-state index contributed by atoms with van der Waals surface area (Å²) in [4.78, 5) is 35.3. The van der Waals surface area contributed by atoms with Crippen LogP contribution in [0.5, 0.6) is 0 Å². The number of piperazine rings is 1. The molecule has 102 valence electrons. The topological polar surface area (TPSA) is 98.7 Å².